The minimum atomic E-state index is -0.827. The molecule has 1 fully saturated rings. The molecule has 1 saturated heterocycles. The molecule has 0 bridgehead atoms. The number of methoxy groups -OCH3 is 1. The topological polar surface area (TPSA) is 84.9 Å². The molecule has 0 radical (unpaired) electrons. The van der Waals surface area contributed by atoms with Crippen LogP contribution in [0.1, 0.15) is 18.1 Å². The van der Waals surface area contributed by atoms with Crippen LogP contribution in [0, 0.1) is 10.5 Å². The van der Waals surface area contributed by atoms with Crippen LogP contribution in [0.5, 0.6) is 11.5 Å². The Kier molecular flexibility index (Phi) is 6.67. The van der Waals surface area contributed by atoms with Crippen molar-refractivity contribution in [2.75, 3.05) is 18.6 Å². The summed E-state index contributed by atoms with van der Waals surface area (Å²) in [5.74, 6) is -0.464. The second kappa shape index (κ2) is 9.05. The number of carbonyl (C=O) groups is 3. The van der Waals surface area contributed by atoms with Crippen LogP contribution < -0.4 is 19.7 Å². The summed E-state index contributed by atoms with van der Waals surface area (Å²) in [6.07, 6.45) is 1.42. The highest BCUT2D eigenvalue weighted by molar-refractivity contribution is 14.1. The fourth-order valence-electron chi connectivity index (χ4n) is 3.01. The second-order valence-electron chi connectivity index (χ2n) is 6.31. The Labute approximate surface area is 192 Å². The number of nitrogens with one attached hydrogen (secondary N) is 1. The monoisotopic (exact) mass is 540 g/mol. The number of benzene rings is 2. The van der Waals surface area contributed by atoms with E-state index in [-0.39, 0.29) is 5.57 Å². The van der Waals surface area contributed by atoms with Crippen LogP contribution in [0.15, 0.2) is 35.9 Å². The molecule has 4 amide bonds. The fourth-order valence-corrected chi connectivity index (χ4v) is 4.03. The number of halogens is 2. The van der Waals surface area contributed by atoms with Gasteiger partial charge in [-0.05, 0) is 77.9 Å². The lowest BCUT2D eigenvalue weighted by molar-refractivity contribution is -0.122. The third-order valence-electron chi connectivity index (χ3n) is 4.43. The molecule has 0 atom stereocenters. The van der Waals surface area contributed by atoms with Gasteiger partial charge < -0.3 is 9.47 Å². The first-order chi connectivity index (χ1) is 14.3. The Morgan fingerprint density at radius 3 is 2.63 bits per heavy atom. The molecule has 1 aliphatic heterocycles. The van der Waals surface area contributed by atoms with Crippen LogP contribution in [0.4, 0.5) is 10.5 Å². The van der Waals surface area contributed by atoms with E-state index in [0.29, 0.717) is 39.9 Å². The number of hydrogen-bond acceptors (Lipinski definition) is 5. The first-order valence-electron chi connectivity index (χ1n) is 8.95. The van der Waals surface area contributed by atoms with Crippen molar-refractivity contribution in [3.05, 3.63) is 55.6 Å². The number of imide groups is 2. The summed E-state index contributed by atoms with van der Waals surface area (Å²) in [4.78, 5) is 38.9. The summed E-state index contributed by atoms with van der Waals surface area (Å²) in [6, 6.07) is 7.47. The second-order valence-corrected chi connectivity index (χ2v) is 7.88. The summed E-state index contributed by atoms with van der Waals surface area (Å²) in [5, 5.41) is 2.61. The molecule has 30 heavy (non-hydrogen) atoms. The van der Waals surface area contributed by atoms with Crippen molar-refractivity contribution in [2.45, 2.75) is 13.8 Å². The molecule has 0 aromatic heterocycles. The zero-order valence-electron chi connectivity index (χ0n) is 16.4. The van der Waals surface area contributed by atoms with E-state index in [1.54, 1.807) is 37.3 Å². The highest BCUT2D eigenvalue weighted by atomic mass is 127. The van der Waals surface area contributed by atoms with Crippen LogP contribution >= 0.6 is 34.2 Å². The largest absolute Gasteiger partial charge is 0.492 e. The van der Waals surface area contributed by atoms with Gasteiger partial charge in [-0.2, -0.15) is 0 Å². The Bertz CT molecular complexity index is 1080. The standard InChI is InChI=1S/C21H18ClIN2O5/c1-4-30-17-10-12(9-15(23)18(17)29-3)8-13-19(26)24-21(28)25(20(13)27)16-7-5-6-14(22)11(16)2/h5-10H,4H2,1-3H3,(H,24,26,28)/b13-8+. The molecule has 1 aliphatic rings. The van der Waals surface area contributed by atoms with Gasteiger partial charge >= 0.3 is 6.03 Å². The average molecular weight is 541 g/mol. The third-order valence-corrected chi connectivity index (χ3v) is 5.64. The molecular weight excluding hydrogens is 523 g/mol. The summed E-state index contributed by atoms with van der Waals surface area (Å²) in [7, 11) is 1.53. The normalized spacial score (nSPS) is 15.4. The van der Waals surface area contributed by atoms with E-state index in [1.165, 1.54) is 13.2 Å². The molecule has 1 N–H and O–H groups in total. The van der Waals surface area contributed by atoms with Crippen molar-refractivity contribution in [3.8, 4) is 11.5 Å². The minimum Gasteiger partial charge on any atom is -0.492 e. The van der Waals surface area contributed by atoms with Gasteiger partial charge in [-0.3, -0.25) is 14.9 Å². The maximum atomic E-state index is 13.1. The van der Waals surface area contributed by atoms with Crippen molar-refractivity contribution in [1.29, 1.82) is 0 Å². The van der Waals surface area contributed by atoms with Crippen LogP contribution in [-0.4, -0.2) is 31.6 Å². The van der Waals surface area contributed by atoms with Gasteiger partial charge in [0.15, 0.2) is 11.5 Å². The van der Waals surface area contributed by atoms with Crippen LogP contribution in [0.25, 0.3) is 6.08 Å². The van der Waals surface area contributed by atoms with E-state index < -0.39 is 17.8 Å². The van der Waals surface area contributed by atoms with Gasteiger partial charge in [0, 0.05) is 5.02 Å². The van der Waals surface area contributed by atoms with Crippen molar-refractivity contribution in [2.24, 2.45) is 0 Å². The number of amides is 4. The number of hydrogen-bond donors (Lipinski definition) is 1. The number of anilines is 1. The maximum Gasteiger partial charge on any atom is 0.335 e. The summed E-state index contributed by atoms with van der Waals surface area (Å²) in [5.41, 5.74) is 1.23. The summed E-state index contributed by atoms with van der Waals surface area (Å²) in [6.45, 7) is 3.95. The molecule has 2 aromatic carbocycles. The zero-order chi connectivity index (χ0) is 22.0. The number of nitrogens with zero attached hydrogens (tertiary/aromatic N) is 1. The van der Waals surface area contributed by atoms with Gasteiger partial charge in [0.1, 0.15) is 5.57 Å². The first-order valence-corrected chi connectivity index (χ1v) is 10.4. The average Bonchev–Trinajstić information content (AvgIpc) is 2.68. The lowest BCUT2D eigenvalue weighted by Gasteiger charge is -2.27. The number of rotatable bonds is 5. The highest BCUT2D eigenvalue weighted by Crippen LogP contribution is 2.35. The van der Waals surface area contributed by atoms with E-state index in [4.69, 9.17) is 21.1 Å². The van der Waals surface area contributed by atoms with Gasteiger partial charge in [0.25, 0.3) is 11.8 Å². The van der Waals surface area contributed by atoms with Gasteiger partial charge in [0.05, 0.1) is 23.0 Å². The smallest absolute Gasteiger partial charge is 0.335 e. The molecule has 156 valence electrons. The van der Waals surface area contributed by atoms with E-state index in [1.807, 2.05) is 6.92 Å². The van der Waals surface area contributed by atoms with Crippen molar-refractivity contribution in [1.82, 2.24) is 5.32 Å². The molecular formula is C21H18ClIN2O5. The molecule has 0 aliphatic carbocycles. The van der Waals surface area contributed by atoms with Crippen molar-refractivity contribution >= 4 is 63.8 Å². The summed E-state index contributed by atoms with van der Waals surface area (Å²) < 4.78 is 11.7. The molecule has 2 aromatic rings. The van der Waals surface area contributed by atoms with E-state index >= 15 is 0 Å². The predicted molar refractivity (Wildman–Crippen MR) is 122 cm³/mol. The third kappa shape index (κ3) is 4.15. The summed E-state index contributed by atoms with van der Waals surface area (Å²) >= 11 is 8.22. The Morgan fingerprint density at radius 1 is 1.23 bits per heavy atom. The Hall–Kier alpha value is -2.59. The lowest BCUT2D eigenvalue weighted by atomic mass is 10.1. The highest BCUT2D eigenvalue weighted by Gasteiger charge is 2.37. The number of urea groups is 1. The lowest BCUT2D eigenvalue weighted by Crippen LogP contribution is -2.54. The number of carbonyl (C=O) groups excluding carboxylic acids is 3. The minimum absolute atomic E-state index is 0.183. The van der Waals surface area contributed by atoms with Gasteiger partial charge in [-0.15, -0.1) is 0 Å². The number of ether oxygens (including phenoxy) is 2. The fraction of sp³-hybridized carbons (Fsp3) is 0.190. The molecule has 9 heteroatoms. The molecule has 0 unspecified atom stereocenters. The van der Waals surface area contributed by atoms with Gasteiger partial charge in [0.2, 0.25) is 0 Å². The molecule has 3 rings (SSSR count). The molecule has 1 heterocycles. The molecule has 7 nitrogen and oxygen atoms in total. The van der Waals surface area contributed by atoms with Crippen molar-refractivity contribution in [3.63, 3.8) is 0 Å². The molecule has 0 spiro atoms. The Morgan fingerprint density at radius 2 is 1.97 bits per heavy atom. The van der Waals surface area contributed by atoms with Crippen LogP contribution in [0.2, 0.25) is 5.02 Å². The quantitative estimate of drug-likeness (QED) is 0.347. The Balaban J connectivity index is 2.08. The van der Waals surface area contributed by atoms with Crippen LogP contribution in [-0.2, 0) is 9.59 Å². The number of barbiturate groups is 1. The zero-order valence-corrected chi connectivity index (χ0v) is 19.3. The van der Waals surface area contributed by atoms with E-state index in [0.717, 1.165) is 8.47 Å². The van der Waals surface area contributed by atoms with Gasteiger partial charge in [-0.1, -0.05) is 17.7 Å². The van der Waals surface area contributed by atoms with Gasteiger partial charge in [-0.25, -0.2) is 9.69 Å². The van der Waals surface area contributed by atoms with Crippen LogP contribution in [0.3, 0.4) is 0 Å². The van der Waals surface area contributed by atoms with Crippen molar-refractivity contribution < 1.29 is 23.9 Å². The first kappa shape index (κ1) is 22.1. The maximum absolute atomic E-state index is 13.1. The van der Waals surface area contributed by atoms with E-state index in [9.17, 15) is 14.4 Å². The van der Waals surface area contributed by atoms with E-state index in [2.05, 4.69) is 27.9 Å². The molecule has 0 saturated carbocycles. The SMILES string of the molecule is CCOc1cc(/C=C2\C(=O)NC(=O)N(c3cccc(Cl)c3C)C2=O)cc(I)c1OC. The predicted octanol–water partition coefficient (Wildman–Crippen LogP) is 4.33.